The van der Waals surface area contributed by atoms with Crippen LogP contribution in [0.4, 0.5) is 0 Å². The Morgan fingerprint density at radius 1 is 0.870 bits per heavy atom. The molecule has 2 unspecified atom stereocenters. The summed E-state index contributed by atoms with van der Waals surface area (Å²) >= 11 is 11.6. The molecule has 0 radical (unpaired) electrons. The summed E-state index contributed by atoms with van der Waals surface area (Å²) in [4.78, 5) is 0. The smallest absolute Gasteiger partial charge is 0.111 e. The van der Waals surface area contributed by atoms with Crippen molar-refractivity contribution in [2.75, 3.05) is 10.8 Å². The van der Waals surface area contributed by atoms with Gasteiger partial charge < -0.3 is 0 Å². The fraction of sp³-hybridized carbons (Fsp3) is 0.176. The number of benzene rings is 2. The van der Waals surface area contributed by atoms with E-state index >= 15 is 0 Å². The third-order valence-corrected chi connectivity index (χ3v) is 6.32. The number of hydrogen-bond acceptors (Lipinski definition) is 2. The van der Waals surface area contributed by atoms with Crippen molar-refractivity contribution in [1.82, 2.24) is 0 Å². The van der Waals surface area contributed by atoms with Gasteiger partial charge in [-0.05, 0) is 48.4 Å². The monoisotopic (exact) mass is 384 g/mol. The first kappa shape index (κ1) is 18.2. The van der Waals surface area contributed by atoms with Crippen molar-refractivity contribution in [2.45, 2.75) is 6.42 Å². The third kappa shape index (κ3) is 6.88. The first-order valence-electron chi connectivity index (χ1n) is 6.78. The second-order valence-corrected chi connectivity index (χ2v) is 8.72. The molecule has 2 rings (SSSR count). The van der Waals surface area contributed by atoms with Crippen LogP contribution >= 0.6 is 23.2 Å². The summed E-state index contributed by atoms with van der Waals surface area (Å²) in [5.74, 6) is 3.25. The maximum Gasteiger partial charge on any atom is 0.111 e. The fourth-order valence-corrected chi connectivity index (χ4v) is 4.35. The third-order valence-electron chi connectivity index (χ3n) is 2.92. The molecule has 0 aliphatic rings. The molecule has 0 bridgehead atoms. The second-order valence-electron chi connectivity index (χ2n) is 4.72. The Balaban J connectivity index is 1.82. The van der Waals surface area contributed by atoms with Crippen molar-refractivity contribution in [3.8, 4) is 11.2 Å². The van der Waals surface area contributed by atoms with E-state index in [0.717, 1.165) is 11.1 Å². The average Bonchev–Trinajstić information content (AvgIpc) is 2.54. The van der Waals surface area contributed by atoms with Gasteiger partial charge in [0.15, 0.2) is 0 Å². The fourth-order valence-electron chi connectivity index (χ4n) is 1.74. The van der Waals surface area contributed by atoms with Gasteiger partial charge in [-0.15, -0.1) is 0 Å². The van der Waals surface area contributed by atoms with Gasteiger partial charge in [0.05, 0.1) is 0 Å². The van der Waals surface area contributed by atoms with Crippen LogP contribution in [-0.2, 0) is 28.0 Å². The lowest BCUT2D eigenvalue weighted by atomic mass is 10.2. The van der Waals surface area contributed by atoms with E-state index in [-0.39, 0.29) is 5.08 Å². The van der Waals surface area contributed by atoms with Crippen molar-refractivity contribution in [3.05, 3.63) is 69.7 Å². The summed E-state index contributed by atoms with van der Waals surface area (Å²) < 4.78 is 23.8. The number of rotatable bonds is 5. The molecular formula is C17H14Cl2O2S2. The zero-order valence-electron chi connectivity index (χ0n) is 12.1. The van der Waals surface area contributed by atoms with Gasteiger partial charge in [-0.2, -0.15) is 0 Å². The van der Waals surface area contributed by atoms with Gasteiger partial charge in [-0.3, -0.25) is 4.21 Å². The van der Waals surface area contributed by atoms with Crippen LogP contribution in [0.1, 0.15) is 11.1 Å². The Kier molecular flexibility index (Phi) is 7.32. The van der Waals surface area contributed by atoms with Gasteiger partial charge in [-0.1, -0.05) is 41.3 Å². The first-order valence-corrected chi connectivity index (χ1v) is 10.3. The van der Waals surface area contributed by atoms with Gasteiger partial charge >= 0.3 is 0 Å². The minimum absolute atomic E-state index is 0.0637. The van der Waals surface area contributed by atoms with Gasteiger partial charge in [0.25, 0.3) is 0 Å². The van der Waals surface area contributed by atoms with Crippen molar-refractivity contribution < 1.29 is 8.42 Å². The van der Waals surface area contributed by atoms with E-state index in [9.17, 15) is 8.42 Å². The second kappa shape index (κ2) is 9.24. The molecule has 0 spiro atoms. The molecule has 0 aliphatic carbocycles. The van der Waals surface area contributed by atoms with E-state index in [1.54, 1.807) is 36.4 Å². The topological polar surface area (TPSA) is 34.1 Å². The molecule has 2 aromatic rings. The Hall–Kier alpha value is -1.12. The lowest BCUT2D eigenvalue weighted by Crippen LogP contribution is -2.08. The van der Waals surface area contributed by atoms with Crippen molar-refractivity contribution in [1.29, 1.82) is 0 Å². The summed E-state index contributed by atoms with van der Waals surface area (Å²) in [6, 6.07) is 14.4. The first-order chi connectivity index (χ1) is 11.0. The molecule has 0 N–H and O–H groups in total. The molecule has 0 amide bonds. The Morgan fingerprint density at radius 2 is 1.43 bits per heavy atom. The van der Waals surface area contributed by atoms with E-state index < -0.39 is 21.6 Å². The van der Waals surface area contributed by atoms with Gasteiger partial charge in [-0.25, -0.2) is 4.21 Å². The molecule has 0 aliphatic heterocycles. The molecular weight excluding hydrogens is 371 g/mol. The summed E-state index contributed by atoms with van der Waals surface area (Å²) in [5, 5.41) is 3.99. The predicted molar refractivity (Wildman–Crippen MR) is 99.5 cm³/mol. The Bertz CT molecular complexity index is 760. The molecule has 2 aromatic carbocycles. The normalized spacial score (nSPS) is 13.0. The van der Waals surface area contributed by atoms with Crippen LogP contribution in [0.2, 0.25) is 10.0 Å². The van der Waals surface area contributed by atoms with E-state index in [2.05, 4.69) is 11.2 Å². The van der Waals surface area contributed by atoms with Crippen LogP contribution in [0.5, 0.6) is 0 Å². The molecule has 0 saturated heterocycles. The number of halogens is 2. The lowest BCUT2D eigenvalue weighted by Gasteiger charge is -2.01. The van der Waals surface area contributed by atoms with Gasteiger partial charge in [0.2, 0.25) is 0 Å². The van der Waals surface area contributed by atoms with Crippen LogP contribution in [0, 0.1) is 11.2 Å². The van der Waals surface area contributed by atoms with Crippen molar-refractivity contribution in [3.63, 3.8) is 0 Å². The maximum absolute atomic E-state index is 12.0. The molecule has 0 aromatic heterocycles. The highest BCUT2D eigenvalue weighted by atomic mass is 35.5. The molecule has 2 nitrogen and oxygen atoms in total. The zero-order chi connectivity index (χ0) is 16.7. The minimum Gasteiger partial charge on any atom is -0.259 e. The molecule has 6 heteroatoms. The summed E-state index contributed by atoms with van der Waals surface area (Å²) in [6.45, 7) is 0. The predicted octanol–water partition coefficient (Wildman–Crippen LogP) is 4.00. The van der Waals surface area contributed by atoms with Crippen molar-refractivity contribution in [2.24, 2.45) is 0 Å². The van der Waals surface area contributed by atoms with Crippen LogP contribution in [0.25, 0.3) is 0 Å². The SMILES string of the molecule is O=S(C#Cc1ccc(Cl)cc1)CS(=O)CCc1ccc(Cl)cc1. The molecule has 0 fully saturated rings. The van der Waals surface area contributed by atoms with Gasteiger partial charge in [0.1, 0.15) is 15.9 Å². The zero-order valence-corrected chi connectivity index (χ0v) is 15.3. The van der Waals surface area contributed by atoms with E-state index in [4.69, 9.17) is 23.2 Å². The van der Waals surface area contributed by atoms with E-state index in [0.29, 0.717) is 22.2 Å². The number of hydrogen-bond donors (Lipinski definition) is 0. The molecule has 0 saturated carbocycles. The van der Waals surface area contributed by atoms with Gasteiger partial charge in [0, 0.05) is 37.4 Å². The van der Waals surface area contributed by atoms with E-state index in [1.807, 2.05) is 12.1 Å². The largest absolute Gasteiger partial charge is 0.259 e. The standard InChI is InChI=1S/C17H14Cl2O2S2/c18-16-5-1-14(2-6-16)9-11-22(20)13-23(21)12-10-15-3-7-17(19)8-4-15/h1-8H,9,11,13H2. The van der Waals surface area contributed by atoms with Crippen LogP contribution in [0.15, 0.2) is 48.5 Å². The average molecular weight is 385 g/mol. The van der Waals surface area contributed by atoms with Crippen LogP contribution in [-0.4, -0.2) is 19.3 Å². The number of aryl methyl sites for hydroxylation is 1. The van der Waals surface area contributed by atoms with E-state index in [1.165, 1.54) is 0 Å². The highest BCUT2D eigenvalue weighted by Gasteiger charge is 2.05. The Morgan fingerprint density at radius 3 is 2.04 bits per heavy atom. The van der Waals surface area contributed by atoms with Crippen LogP contribution < -0.4 is 0 Å². The molecule has 120 valence electrons. The van der Waals surface area contributed by atoms with Crippen LogP contribution in [0.3, 0.4) is 0 Å². The Labute approximate surface area is 151 Å². The molecule has 23 heavy (non-hydrogen) atoms. The minimum atomic E-state index is -1.43. The maximum atomic E-state index is 12.0. The molecule has 2 atom stereocenters. The van der Waals surface area contributed by atoms with Crippen molar-refractivity contribution >= 4 is 44.8 Å². The summed E-state index contributed by atoms with van der Waals surface area (Å²) in [6.07, 6.45) is 0.658. The highest BCUT2D eigenvalue weighted by Crippen LogP contribution is 2.10. The summed E-state index contributed by atoms with van der Waals surface area (Å²) in [7, 11) is -2.61. The highest BCUT2D eigenvalue weighted by molar-refractivity contribution is 8.04. The summed E-state index contributed by atoms with van der Waals surface area (Å²) in [5.41, 5.74) is 1.79. The lowest BCUT2D eigenvalue weighted by molar-refractivity contribution is 0.681. The molecule has 0 heterocycles. The quantitative estimate of drug-likeness (QED) is 0.730.